The Kier molecular flexibility index (Phi) is 6.34. The van der Waals surface area contributed by atoms with Crippen LogP contribution in [-0.2, 0) is 4.57 Å². The Bertz CT molecular complexity index is 143. The van der Waals surface area contributed by atoms with E-state index in [1.165, 1.54) is 7.05 Å². The highest BCUT2D eigenvalue weighted by Crippen LogP contribution is 2.50. The molecule has 0 aliphatic carbocycles. The minimum absolute atomic E-state index is 0.766. The molecule has 0 saturated heterocycles. The summed E-state index contributed by atoms with van der Waals surface area (Å²) in [6, 6.07) is 0. The van der Waals surface area contributed by atoms with Crippen molar-refractivity contribution in [3.8, 4) is 0 Å². The second kappa shape index (κ2) is 6.06. The van der Waals surface area contributed by atoms with Gasteiger partial charge in [0, 0.05) is 5.75 Å². The summed E-state index contributed by atoms with van der Waals surface area (Å²) < 4.78 is 11.0. The molecule has 2 N–H and O–H groups in total. The Labute approximate surface area is 72.2 Å². The normalized spacial score (nSPS) is 16.3. The first-order valence-electron chi connectivity index (χ1n) is 3.78. The van der Waals surface area contributed by atoms with E-state index in [2.05, 4.69) is 12.0 Å². The molecule has 0 aromatic rings. The van der Waals surface area contributed by atoms with Gasteiger partial charge in [-0.05, 0) is 13.5 Å². The Balaban J connectivity index is 3.31. The van der Waals surface area contributed by atoms with Crippen LogP contribution in [-0.4, -0.2) is 17.7 Å². The Morgan fingerprint density at radius 2 is 2.18 bits per heavy atom. The molecule has 0 bridgehead atoms. The van der Waals surface area contributed by atoms with Gasteiger partial charge >= 0.3 is 6.72 Å². The van der Waals surface area contributed by atoms with Crippen molar-refractivity contribution in [3.05, 3.63) is 0 Å². The molecule has 1 unspecified atom stereocenters. The van der Waals surface area contributed by atoms with Gasteiger partial charge in [-0.15, -0.1) is 0 Å². The average Bonchev–Trinajstić information content (AvgIpc) is 1.99. The molecule has 0 radical (unpaired) electrons. The van der Waals surface area contributed by atoms with Gasteiger partial charge in [-0.2, -0.15) is 0 Å². The van der Waals surface area contributed by atoms with Crippen LogP contribution in [0.15, 0.2) is 0 Å². The molecule has 0 aromatic heterocycles. The van der Waals surface area contributed by atoms with E-state index in [4.69, 9.17) is 4.89 Å². The summed E-state index contributed by atoms with van der Waals surface area (Å²) in [7, 11) is 1.51. The van der Waals surface area contributed by atoms with Crippen molar-refractivity contribution in [2.75, 3.05) is 12.8 Å². The van der Waals surface area contributed by atoms with Gasteiger partial charge in [0.25, 0.3) is 0 Å². The van der Waals surface area contributed by atoms with E-state index in [-0.39, 0.29) is 0 Å². The minimum Gasteiger partial charge on any atom is -0.326 e. The largest absolute Gasteiger partial charge is 0.326 e. The third-order valence-corrected chi connectivity index (χ3v) is 4.83. The lowest BCUT2D eigenvalue weighted by molar-refractivity contribution is 0.488. The van der Waals surface area contributed by atoms with Crippen LogP contribution in [0.25, 0.3) is 0 Å². The van der Waals surface area contributed by atoms with E-state index in [1.807, 2.05) is 0 Å². The monoisotopic (exact) mass is 197 g/mol. The smallest absolute Gasteiger partial charge is 0.323 e. The average molecular weight is 197 g/mol. The maximum atomic E-state index is 11.0. The summed E-state index contributed by atoms with van der Waals surface area (Å²) in [4.78, 5) is 9.03. The summed E-state index contributed by atoms with van der Waals surface area (Å²) in [5.74, 6) is 0.766. The van der Waals surface area contributed by atoms with Crippen LogP contribution in [0.3, 0.4) is 0 Å². The lowest BCUT2D eigenvalue weighted by atomic mass is 10.3. The molecule has 5 heteroatoms. The first-order valence-corrected chi connectivity index (χ1v) is 7.03. The van der Waals surface area contributed by atoms with E-state index >= 15 is 0 Å². The van der Waals surface area contributed by atoms with Crippen LogP contribution >= 0.6 is 18.1 Å². The molecule has 0 saturated carbocycles. The zero-order valence-electron chi connectivity index (χ0n) is 7.04. The Morgan fingerprint density at radius 1 is 1.55 bits per heavy atom. The fourth-order valence-electron chi connectivity index (χ4n) is 0.605. The predicted octanol–water partition coefficient (Wildman–Crippen LogP) is 2.23. The van der Waals surface area contributed by atoms with Crippen LogP contribution in [0.5, 0.6) is 0 Å². The molecule has 11 heavy (non-hydrogen) atoms. The maximum absolute atomic E-state index is 11.0. The molecule has 0 amide bonds. The minimum atomic E-state index is -3.05. The second-order valence-corrected chi connectivity index (χ2v) is 6.70. The lowest BCUT2D eigenvalue weighted by Gasteiger charge is -2.07. The van der Waals surface area contributed by atoms with Gasteiger partial charge in [0.2, 0.25) is 0 Å². The van der Waals surface area contributed by atoms with Crippen molar-refractivity contribution < 1.29 is 9.46 Å². The Morgan fingerprint density at radius 3 is 2.64 bits per heavy atom. The molecule has 0 aromatic carbocycles. The summed E-state index contributed by atoms with van der Waals surface area (Å²) in [6.07, 6.45) is 3.31. The molecule has 0 aliphatic heterocycles. The molecular weight excluding hydrogens is 181 g/mol. The molecule has 68 valence electrons. The number of hydrogen-bond acceptors (Lipinski definition) is 2. The van der Waals surface area contributed by atoms with E-state index in [9.17, 15) is 4.57 Å². The first-order chi connectivity index (χ1) is 5.12. The highest BCUT2D eigenvalue weighted by atomic mass is 32.7. The van der Waals surface area contributed by atoms with E-state index in [1.54, 1.807) is 0 Å². The molecule has 0 spiro atoms. The van der Waals surface area contributed by atoms with Crippen molar-refractivity contribution in [1.29, 1.82) is 0 Å². The van der Waals surface area contributed by atoms with E-state index in [0.717, 1.165) is 36.4 Å². The van der Waals surface area contributed by atoms with E-state index < -0.39 is 6.72 Å². The van der Waals surface area contributed by atoms with Crippen molar-refractivity contribution in [3.63, 3.8) is 0 Å². The van der Waals surface area contributed by atoms with Gasteiger partial charge in [-0.1, -0.05) is 31.1 Å². The van der Waals surface area contributed by atoms with Crippen LogP contribution < -0.4 is 5.09 Å². The highest BCUT2D eigenvalue weighted by Gasteiger charge is 2.13. The second-order valence-electron chi connectivity index (χ2n) is 2.28. The zero-order chi connectivity index (χ0) is 8.74. The van der Waals surface area contributed by atoms with Gasteiger partial charge in [0.1, 0.15) is 0 Å². The van der Waals surface area contributed by atoms with Gasteiger partial charge in [-0.25, -0.2) is 5.09 Å². The summed E-state index contributed by atoms with van der Waals surface area (Å²) in [5.41, 5.74) is 0. The molecule has 3 nitrogen and oxygen atoms in total. The molecule has 0 aliphatic rings. The van der Waals surface area contributed by atoms with E-state index in [0.29, 0.717) is 0 Å². The topological polar surface area (TPSA) is 49.3 Å². The van der Waals surface area contributed by atoms with Gasteiger partial charge in [0.05, 0.1) is 0 Å². The predicted molar refractivity (Wildman–Crippen MR) is 50.9 cm³/mol. The third kappa shape index (κ3) is 6.88. The fraction of sp³-hybridized carbons (Fsp3) is 1.00. The highest BCUT2D eigenvalue weighted by molar-refractivity contribution is 8.55. The molecule has 0 heterocycles. The van der Waals surface area contributed by atoms with Crippen LogP contribution in [0.4, 0.5) is 0 Å². The van der Waals surface area contributed by atoms with Crippen LogP contribution in [0.1, 0.15) is 26.2 Å². The van der Waals surface area contributed by atoms with Gasteiger partial charge < -0.3 is 4.89 Å². The quantitative estimate of drug-likeness (QED) is 0.506. The van der Waals surface area contributed by atoms with Gasteiger partial charge in [-0.3, -0.25) is 4.57 Å². The van der Waals surface area contributed by atoms with Gasteiger partial charge in [0.15, 0.2) is 0 Å². The first kappa shape index (κ1) is 11.5. The van der Waals surface area contributed by atoms with Crippen molar-refractivity contribution in [2.45, 2.75) is 26.2 Å². The van der Waals surface area contributed by atoms with Crippen molar-refractivity contribution >= 4 is 18.1 Å². The zero-order valence-corrected chi connectivity index (χ0v) is 8.75. The van der Waals surface area contributed by atoms with Crippen molar-refractivity contribution in [2.24, 2.45) is 0 Å². The summed E-state index contributed by atoms with van der Waals surface area (Å²) in [6.45, 7) is -0.935. The Hall–Kier alpha value is 0.500. The third-order valence-electron chi connectivity index (χ3n) is 1.30. The maximum Gasteiger partial charge on any atom is 0.323 e. The molecule has 1 atom stereocenters. The fourth-order valence-corrected chi connectivity index (χ4v) is 2.83. The lowest BCUT2D eigenvalue weighted by Crippen LogP contribution is -1.98. The number of nitrogens with one attached hydrogen (secondary N) is 1. The molecular formula is C6H16NO2PS. The number of rotatable bonds is 6. The standard InChI is InChI=1S/C6H16NO2PS/c1-3-4-5-6-11-10(8,9)7-2/h3-6H2,1-2H3,(H2,7,8,9). The molecule has 0 rings (SSSR count). The summed E-state index contributed by atoms with van der Waals surface area (Å²) >= 11 is 1.12. The van der Waals surface area contributed by atoms with Crippen LogP contribution in [0, 0.1) is 0 Å². The SMILES string of the molecule is CCCCCSP(=O)(O)NC. The summed E-state index contributed by atoms with van der Waals surface area (Å²) in [5, 5.41) is 2.39. The number of hydrogen-bond donors (Lipinski definition) is 2. The van der Waals surface area contributed by atoms with Crippen molar-refractivity contribution in [1.82, 2.24) is 5.09 Å². The number of unbranched alkanes of at least 4 members (excludes halogenated alkanes) is 2. The van der Waals surface area contributed by atoms with Crippen LogP contribution in [0.2, 0.25) is 0 Å². The molecule has 0 fully saturated rings.